The van der Waals surface area contributed by atoms with Gasteiger partial charge in [0.25, 0.3) is 0 Å². The highest BCUT2D eigenvalue weighted by molar-refractivity contribution is 5.43. The quantitative estimate of drug-likeness (QED) is 0.881. The number of aliphatic hydroxyl groups is 1. The zero-order chi connectivity index (χ0) is 13.4. The van der Waals surface area contributed by atoms with Crippen LogP contribution in [0.1, 0.15) is 38.4 Å². The first-order valence-electron chi connectivity index (χ1n) is 7.30. The van der Waals surface area contributed by atoms with Crippen molar-refractivity contribution in [1.29, 1.82) is 0 Å². The normalized spacial score (nSPS) is 29.3. The van der Waals surface area contributed by atoms with E-state index in [1.807, 2.05) is 18.3 Å². The standard InChI is InChI=1S/C15H23N3O/c1-11-9-17-7-3-4-14(17)10-18(11)15-8-13(12(2)19)5-6-16-15/h5-6,8,11-12,14,19H,3-4,7,9-10H2,1-2H3/t11?,12-,14?/m1/s1. The molecule has 104 valence electrons. The van der Waals surface area contributed by atoms with E-state index in [2.05, 4.69) is 21.7 Å². The van der Waals surface area contributed by atoms with Crippen LogP contribution in [0.3, 0.4) is 0 Å². The lowest BCUT2D eigenvalue weighted by Crippen LogP contribution is -2.55. The predicted molar refractivity (Wildman–Crippen MR) is 76.3 cm³/mol. The molecule has 19 heavy (non-hydrogen) atoms. The van der Waals surface area contributed by atoms with Crippen molar-refractivity contribution in [3.63, 3.8) is 0 Å². The number of aromatic nitrogens is 1. The molecule has 1 aromatic heterocycles. The minimum atomic E-state index is -0.426. The van der Waals surface area contributed by atoms with Crippen LogP contribution in [0.4, 0.5) is 5.82 Å². The van der Waals surface area contributed by atoms with E-state index in [1.54, 1.807) is 6.92 Å². The van der Waals surface area contributed by atoms with Gasteiger partial charge in [0.1, 0.15) is 5.82 Å². The number of piperazine rings is 1. The monoisotopic (exact) mass is 261 g/mol. The maximum atomic E-state index is 9.71. The molecule has 3 heterocycles. The van der Waals surface area contributed by atoms with Crippen molar-refractivity contribution in [2.75, 3.05) is 24.5 Å². The van der Waals surface area contributed by atoms with Gasteiger partial charge in [-0.1, -0.05) is 0 Å². The van der Waals surface area contributed by atoms with Gasteiger partial charge in [0, 0.05) is 31.4 Å². The summed E-state index contributed by atoms with van der Waals surface area (Å²) in [6.45, 7) is 7.52. The van der Waals surface area contributed by atoms with Crippen molar-refractivity contribution in [3.8, 4) is 0 Å². The largest absolute Gasteiger partial charge is 0.389 e. The number of hydrogen-bond donors (Lipinski definition) is 1. The Morgan fingerprint density at radius 3 is 3.05 bits per heavy atom. The Bertz CT molecular complexity index is 449. The van der Waals surface area contributed by atoms with E-state index < -0.39 is 6.10 Å². The molecule has 2 aliphatic heterocycles. The Morgan fingerprint density at radius 1 is 1.42 bits per heavy atom. The van der Waals surface area contributed by atoms with Crippen molar-refractivity contribution >= 4 is 5.82 Å². The van der Waals surface area contributed by atoms with Gasteiger partial charge in [-0.2, -0.15) is 0 Å². The molecule has 2 aliphatic rings. The molecule has 0 saturated carbocycles. The van der Waals surface area contributed by atoms with Gasteiger partial charge < -0.3 is 10.0 Å². The van der Waals surface area contributed by atoms with E-state index in [0.29, 0.717) is 12.1 Å². The minimum absolute atomic E-state index is 0.426. The number of hydrogen-bond acceptors (Lipinski definition) is 4. The van der Waals surface area contributed by atoms with Gasteiger partial charge in [-0.15, -0.1) is 0 Å². The fourth-order valence-electron chi connectivity index (χ4n) is 3.36. The fraction of sp³-hybridized carbons (Fsp3) is 0.667. The summed E-state index contributed by atoms with van der Waals surface area (Å²) in [5.74, 6) is 1.01. The van der Waals surface area contributed by atoms with Crippen molar-refractivity contribution in [1.82, 2.24) is 9.88 Å². The van der Waals surface area contributed by atoms with Crippen molar-refractivity contribution in [2.24, 2.45) is 0 Å². The molecule has 4 heteroatoms. The second-order valence-electron chi connectivity index (χ2n) is 5.92. The topological polar surface area (TPSA) is 39.6 Å². The average Bonchev–Trinajstić information content (AvgIpc) is 2.85. The molecule has 2 saturated heterocycles. The van der Waals surface area contributed by atoms with Crippen molar-refractivity contribution in [2.45, 2.75) is 44.9 Å². The van der Waals surface area contributed by atoms with Crippen molar-refractivity contribution < 1.29 is 5.11 Å². The molecule has 2 unspecified atom stereocenters. The predicted octanol–water partition coefficient (Wildman–Crippen LogP) is 1.81. The molecule has 2 fully saturated rings. The first kappa shape index (κ1) is 12.9. The molecule has 3 atom stereocenters. The Morgan fingerprint density at radius 2 is 2.26 bits per heavy atom. The average molecular weight is 261 g/mol. The highest BCUT2D eigenvalue weighted by Gasteiger charge is 2.34. The Hall–Kier alpha value is -1.13. The molecule has 1 aromatic rings. The molecule has 0 spiro atoms. The smallest absolute Gasteiger partial charge is 0.129 e. The van der Waals surface area contributed by atoms with Crippen LogP contribution in [-0.2, 0) is 0 Å². The van der Waals surface area contributed by atoms with Crippen molar-refractivity contribution in [3.05, 3.63) is 23.9 Å². The van der Waals surface area contributed by atoms with Gasteiger partial charge in [-0.25, -0.2) is 4.98 Å². The molecule has 0 amide bonds. The van der Waals surface area contributed by atoms with Crippen LogP contribution < -0.4 is 4.90 Å². The molecule has 0 aliphatic carbocycles. The maximum Gasteiger partial charge on any atom is 0.129 e. The minimum Gasteiger partial charge on any atom is -0.389 e. The summed E-state index contributed by atoms with van der Waals surface area (Å²) in [6, 6.07) is 5.11. The lowest BCUT2D eigenvalue weighted by Gasteiger charge is -2.43. The number of anilines is 1. The van der Waals surface area contributed by atoms with Gasteiger partial charge in [0.05, 0.1) is 6.10 Å². The van der Waals surface area contributed by atoms with Crippen LogP contribution >= 0.6 is 0 Å². The number of rotatable bonds is 2. The summed E-state index contributed by atoms with van der Waals surface area (Å²) in [5.41, 5.74) is 0.950. The van der Waals surface area contributed by atoms with Crippen LogP contribution in [0.15, 0.2) is 18.3 Å². The summed E-state index contributed by atoms with van der Waals surface area (Å²) in [5, 5.41) is 9.71. The number of fused-ring (bicyclic) bond motifs is 1. The Labute approximate surface area is 115 Å². The molecular formula is C15H23N3O. The van der Waals surface area contributed by atoms with Crippen LogP contribution in [0.2, 0.25) is 0 Å². The SMILES string of the molecule is CC1CN2CCCC2CN1c1cc([C@@H](C)O)ccn1. The van der Waals surface area contributed by atoms with Gasteiger partial charge in [0.2, 0.25) is 0 Å². The Kier molecular flexibility index (Phi) is 3.46. The van der Waals surface area contributed by atoms with Crippen LogP contribution in [-0.4, -0.2) is 46.7 Å². The third-order valence-corrected chi connectivity index (χ3v) is 4.48. The molecule has 0 bridgehead atoms. The van der Waals surface area contributed by atoms with Gasteiger partial charge in [-0.05, 0) is 50.9 Å². The zero-order valence-corrected chi connectivity index (χ0v) is 11.8. The molecule has 0 radical (unpaired) electrons. The number of pyridine rings is 1. The summed E-state index contributed by atoms with van der Waals surface area (Å²) < 4.78 is 0. The second kappa shape index (κ2) is 5.10. The van der Waals surface area contributed by atoms with Gasteiger partial charge in [-0.3, -0.25) is 4.90 Å². The van der Waals surface area contributed by atoms with E-state index >= 15 is 0 Å². The van der Waals surface area contributed by atoms with E-state index in [9.17, 15) is 5.11 Å². The van der Waals surface area contributed by atoms with Crippen LogP contribution in [0.5, 0.6) is 0 Å². The number of nitrogens with zero attached hydrogens (tertiary/aromatic N) is 3. The molecule has 4 nitrogen and oxygen atoms in total. The molecule has 0 aromatic carbocycles. The van der Waals surface area contributed by atoms with Gasteiger partial charge >= 0.3 is 0 Å². The third kappa shape index (κ3) is 2.47. The van der Waals surface area contributed by atoms with E-state index in [4.69, 9.17) is 0 Å². The summed E-state index contributed by atoms with van der Waals surface area (Å²) in [6.07, 6.45) is 4.02. The van der Waals surface area contributed by atoms with E-state index in [-0.39, 0.29) is 0 Å². The van der Waals surface area contributed by atoms with E-state index in [1.165, 1.54) is 19.4 Å². The maximum absolute atomic E-state index is 9.71. The highest BCUT2D eigenvalue weighted by atomic mass is 16.3. The van der Waals surface area contributed by atoms with Crippen LogP contribution in [0, 0.1) is 0 Å². The highest BCUT2D eigenvalue weighted by Crippen LogP contribution is 2.28. The molecular weight excluding hydrogens is 238 g/mol. The zero-order valence-electron chi connectivity index (χ0n) is 11.8. The number of aliphatic hydroxyl groups excluding tert-OH is 1. The third-order valence-electron chi connectivity index (χ3n) is 4.48. The molecule has 3 rings (SSSR count). The fourth-order valence-corrected chi connectivity index (χ4v) is 3.36. The lowest BCUT2D eigenvalue weighted by atomic mass is 10.1. The first-order chi connectivity index (χ1) is 9.15. The summed E-state index contributed by atoms with van der Waals surface area (Å²) >= 11 is 0. The lowest BCUT2D eigenvalue weighted by molar-refractivity contribution is 0.197. The second-order valence-corrected chi connectivity index (χ2v) is 5.92. The van der Waals surface area contributed by atoms with Crippen LogP contribution in [0.25, 0.3) is 0 Å². The first-order valence-corrected chi connectivity index (χ1v) is 7.30. The summed E-state index contributed by atoms with van der Waals surface area (Å²) in [4.78, 5) is 9.52. The van der Waals surface area contributed by atoms with E-state index in [0.717, 1.165) is 24.5 Å². The summed E-state index contributed by atoms with van der Waals surface area (Å²) in [7, 11) is 0. The molecule has 1 N–H and O–H groups in total. The Balaban J connectivity index is 1.82. The van der Waals surface area contributed by atoms with Gasteiger partial charge in [0.15, 0.2) is 0 Å².